The Bertz CT molecular complexity index is 515. The van der Waals surface area contributed by atoms with Gasteiger partial charge >= 0.3 is 0 Å². The second-order valence-electron chi connectivity index (χ2n) is 5.56. The van der Waals surface area contributed by atoms with Gasteiger partial charge in [0.25, 0.3) is 0 Å². The first-order valence-electron chi connectivity index (χ1n) is 6.51. The van der Waals surface area contributed by atoms with Crippen LogP contribution in [0.3, 0.4) is 0 Å². The predicted molar refractivity (Wildman–Crippen MR) is 61.2 cm³/mol. The molecule has 3 heterocycles. The second kappa shape index (κ2) is 5.81. The molecule has 21 heavy (non-hydrogen) atoms. The molecule has 2 bridgehead atoms. The fraction of sp³-hybridized carbons (Fsp3) is 0.538. The van der Waals surface area contributed by atoms with Crippen LogP contribution in [0.15, 0.2) is 0 Å². The van der Waals surface area contributed by atoms with Crippen LogP contribution in [0.2, 0.25) is 0 Å². The van der Waals surface area contributed by atoms with E-state index in [4.69, 9.17) is 0 Å². The van der Waals surface area contributed by atoms with E-state index in [9.17, 15) is 22.0 Å². The highest BCUT2D eigenvalue weighted by Crippen LogP contribution is 2.29. The Balaban J connectivity index is 0.00000161. The summed E-state index contributed by atoms with van der Waals surface area (Å²) < 4.78 is 67.3. The lowest BCUT2D eigenvalue weighted by Gasteiger charge is -2.50. The van der Waals surface area contributed by atoms with Crippen LogP contribution in [0, 0.1) is 29.1 Å². The number of rotatable bonds is 2. The number of quaternary nitrogens is 1. The molecule has 0 aromatic heterocycles. The summed E-state index contributed by atoms with van der Waals surface area (Å²) in [7, 11) is 0. The summed E-state index contributed by atoms with van der Waals surface area (Å²) in [6.07, 6.45) is 0. The number of piperazine rings is 3. The van der Waals surface area contributed by atoms with E-state index in [2.05, 4.69) is 4.90 Å². The maximum atomic E-state index is 13.7. The topological polar surface area (TPSA) is 3.24 Å². The van der Waals surface area contributed by atoms with Crippen molar-refractivity contribution >= 4 is 0 Å². The van der Waals surface area contributed by atoms with E-state index in [0.717, 1.165) is 19.6 Å². The molecule has 1 aromatic carbocycles. The van der Waals surface area contributed by atoms with E-state index >= 15 is 0 Å². The van der Waals surface area contributed by atoms with Crippen LogP contribution < -0.4 is 17.0 Å². The molecular weight excluding hydrogens is 359 g/mol. The van der Waals surface area contributed by atoms with Gasteiger partial charge in [0.1, 0.15) is 6.54 Å². The first-order chi connectivity index (χ1) is 9.43. The van der Waals surface area contributed by atoms with Gasteiger partial charge in [0, 0.05) is 19.6 Å². The molecule has 0 atom stereocenters. The third-order valence-electron chi connectivity index (χ3n) is 4.47. The van der Waals surface area contributed by atoms with Crippen molar-refractivity contribution in [1.29, 1.82) is 0 Å². The van der Waals surface area contributed by atoms with Crippen molar-refractivity contribution in [3.8, 4) is 0 Å². The molecule has 0 N–H and O–H groups in total. The quantitative estimate of drug-likeness (QED) is 0.279. The number of nitrogens with zero attached hydrogens (tertiary/aromatic N) is 2. The van der Waals surface area contributed by atoms with Crippen LogP contribution in [0.4, 0.5) is 22.0 Å². The highest BCUT2D eigenvalue weighted by molar-refractivity contribution is 5.23. The highest BCUT2D eigenvalue weighted by atomic mass is 79.9. The summed E-state index contributed by atoms with van der Waals surface area (Å²) in [4.78, 5) is 2.23. The van der Waals surface area contributed by atoms with Crippen LogP contribution in [0.25, 0.3) is 0 Å². The number of hydrogen-bond donors (Lipinski definition) is 0. The lowest BCUT2D eigenvalue weighted by molar-refractivity contribution is -0.953. The molecule has 3 aliphatic rings. The lowest BCUT2D eigenvalue weighted by Crippen LogP contribution is -3.00. The number of fused-ring (bicyclic) bond motifs is 3. The van der Waals surface area contributed by atoms with Crippen LogP contribution >= 0.6 is 0 Å². The average molecular weight is 373 g/mol. The Labute approximate surface area is 129 Å². The molecule has 0 radical (unpaired) electrons. The molecule has 0 amide bonds. The summed E-state index contributed by atoms with van der Waals surface area (Å²) in [6, 6.07) is 0. The Morgan fingerprint density at radius 3 is 1.52 bits per heavy atom. The molecule has 1 aromatic rings. The smallest absolute Gasteiger partial charge is 0.200 e. The van der Waals surface area contributed by atoms with Crippen LogP contribution in [0.5, 0.6) is 0 Å². The Morgan fingerprint density at radius 2 is 1.10 bits per heavy atom. The normalized spacial score (nSPS) is 27.6. The third kappa shape index (κ3) is 2.68. The number of hydrogen-bond acceptors (Lipinski definition) is 1. The van der Waals surface area contributed by atoms with E-state index < -0.39 is 34.6 Å². The second-order valence-corrected chi connectivity index (χ2v) is 5.56. The zero-order chi connectivity index (χ0) is 14.5. The van der Waals surface area contributed by atoms with Crippen LogP contribution in [-0.2, 0) is 6.54 Å². The van der Waals surface area contributed by atoms with Gasteiger partial charge in [-0.2, -0.15) is 0 Å². The minimum Gasteiger partial charge on any atom is -1.00 e. The van der Waals surface area contributed by atoms with Crippen molar-refractivity contribution in [2.24, 2.45) is 0 Å². The molecule has 0 aliphatic carbocycles. The summed E-state index contributed by atoms with van der Waals surface area (Å²) in [5.41, 5.74) is -0.684. The average Bonchev–Trinajstić information content (AvgIpc) is 2.49. The largest absolute Gasteiger partial charge is 1.00 e. The summed E-state index contributed by atoms with van der Waals surface area (Å²) in [5.74, 6) is -9.18. The van der Waals surface area contributed by atoms with E-state index in [1.807, 2.05) is 0 Å². The molecule has 0 spiro atoms. The summed E-state index contributed by atoms with van der Waals surface area (Å²) >= 11 is 0. The predicted octanol–water partition coefficient (Wildman–Crippen LogP) is -0.968. The maximum absolute atomic E-state index is 13.7. The van der Waals surface area contributed by atoms with Crippen LogP contribution in [-0.4, -0.2) is 48.7 Å². The van der Waals surface area contributed by atoms with Gasteiger partial charge in [-0.05, 0) is 0 Å². The van der Waals surface area contributed by atoms with Gasteiger partial charge in [-0.1, -0.05) is 0 Å². The minimum absolute atomic E-state index is 0. The SMILES string of the molecule is Fc1c(F)c(F)c(C[N+]23CCN(CC2)CC3)c(F)c1F.[Br-]. The Kier molecular flexibility index (Phi) is 4.60. The van der Waals surface area contributed by atoms with E-state index in [-0.39, 0.29) is 23.5 Å². The van der Waals surface area contributed by atoms with E-state index in [0.29, 0.717) is 24.1 Å². The summed E-state index contributed by atoms with van der Waals surface area (Å²) in [5, 5.41) is 0. The first kappa shape index (κ1) is 16.6. The van der Waals surface area contributed by atoms with Crippen molar-refractivity contribution in [3.05, 3.63) is 34.6 Å². The van der Waals surface area contributed by atoms with Crippen molar-refractivity contribution < 1.29 is 43.4 Å². The monoisotopic (exact) mass is 372 g/mol. The van der Waals surface area contributed by atoms with Gasteiger partial charge in [0.2, 0.25) is 5.82 Å². The molecule has 4 rings (SSSR count). The fourth-order valence-corrected chi connectivity index (χ4v) is 3.09. The molecule has 2 nitrogen and oxygen atoms in total. The zero-order valence-corrected chi connectivity index (χ0v) is 12.7. The van der Waals surface area contributed by atoms with Gasteiger partial charge in [0.15, 0.2) is 23.3 Å². The summed E-state index contributed by atoms with van der Waals surface area (Å²) in [6.45, 7) is 4.30. The molecule has 3 fully saturated rings. The minimum atomic E-state index is -2.09. The molecule has 3 saturated heterocycles. The van der Waals surface area contributed by atoms with E-state index in [1.54, 1.807) is 0 Å². The fourth-order valence-electron chi connectivity index (χ4n) is 3.09. The Hall–Kier alpha value is -0.730. The van der Waals surface area contributed by atoms with Crippen molar-refractivity contribution in [2.45, 2.75) is 6.54 Å². The standard InChI is InChI=1S/C13H14F5N2.BrH/c14-9-8(10(15)12(17)13(18)11(9)16)7-20-4-1-19(2-5-20)3-6-20;/h1-7H2;1H/q+1;/p-1. The molecule has 0 unspecified atom stereocenters. The van der Waals surface area contributed by atoms with Crippen molar-refractivity contribution in [1.82, 2.24) is 4.90 Å². The van der Waals surface area contributed by atoms with Crippen LogP contribution in [0.1, 0.15) is 5.56 Å². The lowest BCUT2D eigenvalue weighted by atomic mass is 10.1. The van der Waals surface area contributed by atoms with Gasteiger partial charge < -0.3 is 21.5 Å². The van der Waals surface area contributed by atoms with Gasteiger partial charge in [0.05, 0.1) is 25.2 Å². The van der Waals surface area contributed by atoms with Crippen molar-refractivity contribution in [3.63, 3.8) is 0 Å². The van der Waals surface area contributed by atoms with Crippen molar-refractivity contribution in [2.75, 3.05) is 39.3 Å². The zero-order valence-electron chi connectivity index (χ0n) is 11.1. The van der Waals surface area contributed by atoms with Gasteiger partial charge in [-0.25, -0.2) is 22.0 Å². The molecular formula is C13H14BrF5N2. The van der Waals surface area contributed by atoms with Gasteiger partial charge in [-0.3, -0.25) is 4.90 Å². The maximum Gasteiger partial charge on any atom is 0.200 e. The number of benzene rings is 1. The number of halogens is 6. The molecule has 0 saturated carbocycles. The molecule has 3 aliphatic heterocycles. The Morgan fingerprint density at radius 1 is 0.714 bits per heavy atom. The third-order valence-corrected chi connectivity index (χ3v) is 4.47. The van der Waals surface area contributed by atoms with Gasteiger partial charge in [-0.15, -0.1) is 0 Å². The highest BCUT2D eigenvalue weighted by Gasteiger charge is 2.40. The first-order valence-corrected chi connectivity index (χ1v) is 6.51. The van der Waals surface area contributed by atoms with E-state index in [1.165, 1.54) is 0 Å². The molecule has 118 valence electrons. The molecule has 8 heteroatoms.